The van der Waals surface area contributed by atoms with Crippen LogP contribution in [0.3, 0.4) is 0 Å². The summed E-state index contributed by atoms with van der Waals surface area (Å²) in [5.41, 5.74) is 14.2. The van der Waals surface area contributed by atoms with E-state index in [9.17, 15) is 50.4 Å². The largest absolute Gasteiger partial charge is 0.486 e. The van der Waals surface area contributed by atoms with Crippen LogP contribution >= 0.6 is 0 Å². The van der Waals surface area contributed by atoms with E-state index in [2.05, 4.69) is 44.0 Å². The third kappa shape index (κ3) is 12.1. The van der Waals surface area contributed by atoms with Gasteiger partial charge in [0, 0.05) is 71.8 Å². The van der Waals surface area contributed by atoms with Gasteiger partial charge in [0.1, 0.15) is 55.5 Å². The molecular formula is C68H80N8O17. The van der Waals surface area contributed by atoms with Crippen LogP contribution in [0.25, 0.3) is 0 Å². The minimum atomic E-state index is -2.57. The van der Waals surface area contributed by atoms with Gasteiger partial charge in [0.2, 0.25) is 12.2 Å². The molecule has 2 aliphatic carbocycles. The first-order chi connectivity index (χ1) is 45.0. The minimum Gasteiger partial charge on any atom is -0.486 e. The van der Waals surface area contributed by atoms with Gasteiger partial charge >= 0.3 is 0 Å². The summed E-state index contributed by atoms with van der Waals surface area (Å²) in [6.07, 6.45) is -8.54. The number of dihydropyridines is 1. The second-order valence-corrected chi connectivity index (χ2v) is 25.8. The molecule has 18 unspecified atom stereocenters. The highest BCUT2D eigenvalue weighted by Gasteiger charge is 2.58. The third-order valence-corrected chi connectivity index (χ3v) is 20.0. The molecule has 7 aliphatic heterocycles. The second-order valence-electron chi connectivity index (χ2n) is 25.8. The third-order valence-electron chi connectivity index (χ3n) is 20.0. The van der Waals surface area contributed by atoms with Crippen molar-refractivity contribution in [1.29, 1.82) is 0 Å². The number of hydrogen-bond acceptors (Lipinski definition) is 24. The van der Waals surface area contributed by atoms with E-state index in [1.54, 1.807) is 19.1 Å². The van der Waals surface area contributed by atoms with Gasteiger partial charge in [-0.2, -0.15) is 0 Å². The zero-order chi connectivity index (χ0) is 65.0. The van der Waals surface area contributed by atoms with Crippen molar-refractivity contribution in [2.75, 3.05) is 57.7 Å². The Morgan fingerprint density at radius 1 is 0.946 bits per heavy atom. The molecule has 494 valence electrons. The standard InChI is InChI=1S/C68H80N8O17/c1-33(80)25-72-75-52-23-36(16-19-70-52)48-30-91-62-63(86)68(88)18-15-37(22-35-5-4-7-42-41(35)13-10-38(27-79)54(42)59(48)85)50(82)14-11-39-28-89-31-51(68)92-66(62)93-60-47(53(39)44-6-2-3-8-49(44)76-32-71-56-64(76)73-67(69)74-65(56)87)24-46-55(61(60)90-29-40(81)17-20-77)58(84)45-21-34(26-78)9-12-43(45)57(46)83/h2-9,12,16,20-21,23-24,33,37-40,48,50-51,53-54,56,59,62-64,66-67,70-73,75,78-82,85-86,88H,10-11,13-14,17,19,22,25-32,69H2,1H3,(H,74,87). The van der Waals surface area contributed by atoms with Gasteiger partial charge in [0.05, 0.1) is 69.0 Å². The van der Waals surface area contributed by atoms with Crippen LogP contribution in [0.1, 0.15) is 110 Å². The van der Waals surface area contributed by atoms with E-state index in [1.165, 1.54) is 18.2 Å². The topological polar surface area (TPSA) is 378 Å². The number of aliphatic hydroxyl groups excluding tert-OH is 7. The molecule has 0 spiro atoms. The number of anilines is 1. The number of benzene rings is 4. The Hall–Kier alpha value is -7.20. The number of nitrogens with zero attached hydrogens (tertiary/aromatic N) is 1. The summed E-state index contributed by atoms with van der Waals surface area (Å²) in [4.78, 5) is 58.7. The first kappa shape index (κ1) is 64.5. The molecule has 25 heteroatoms. The molecule has 0 aromatic heterocycles. The lowest BCUT2D eigenvalue weighted by Crippen LogP contribution is -2.70. The first-order valence-corrected chi connectivity index (χ1v) is 32.0. The average Bonchev–Trinajstić information content (AvgIpc) is 1.74. The van der Waals surface area contributed by atoms with Crippen molar-refractivity contribution in [3.63, 3.8) is 0 Å². The van der Waals surface area contributed by atoms with Crippen molar-refractivity contribution in [3.8, 4) is 23.3 Å². The lowest BCUT2D eigenvalue weighted by atomic mass is 9.67. The number of nitrogens with two attached hydrogens (primary N) is 1. The predicted octanol–water partition coefficient (Wildman–Crippen LogP) is -0.842. The van der Waals surface area contributed by atoms with Crippen molar-refractivity contribution in [2.24, 2.45) is 29.4 Å². The Morgan fingerprint density at radius 3 is 2.58 bits per heavy atom. The Labute approximate surface area is 536 Å². The van der Waals surface area contributed by atoms with Crippen molar-refractivity contribution in [2.45, 2.75) is 137 Å². The van der Waals surface area contributed by atoms with E-state index < -0.39 is 153 Å². The molecule has 16 N–H and O–H groups in total. The molecule has 0 radical (unpaired) electrons. The molecule has 25 nitrogen and oxygen atoms in total. The van der Waals surface area contributed by atoms with Crippen LogP contribution in [0.5, 0.6) is 11.5 Å². The van der Waals surface area contributed by atoms with Crippen LogP contribution in [0.15, 0.2) is 90.3 Å². The van der Waals surface area contributed by atoms with Gasteiger partial charge < -0.3 is 90.3 Å². The number of carbonyl (C=O) groups is 4. The van der Waals surface area contributed by atoms with Crippen molar-refractivity contribution in [1.82, 2.24) is 32.1 Å². The summed E-state index contributed by atoms with van der Waals surface area (Å²) < 4.78 is 34.9. The van der Waals surface area contributed by atoms with Gasteiger partial charge in [-0.25, -0.2) is 5.43 Å². The van der Waals surface area contributed by atoms with Crippen molar-refractivity contribution >= 4 is 29.4 Å². The zero-order valence-corrected chi connectivity index (χ0v) is 51.3. The van der Waals surface area contributed by atoms with Crippen LogP contribution in [0.2, 0.25) is 0 Å². The van der Waals surface area contributed by atoms with Gasteiger partial charge in [-0.15, -0.1) is 0 Å². The first-order valence-electron chi connectivity index (χ1n) is 32.0. The van der Waals surface area contributed by atoms with E-state index in [0.717, 1.165) is 16.7 Å². The van der Waals surface area contributed by atoms with Gasteiger partial charge in [0.15, 0.2) is 28.7 Å². The van der Waals surface area contributed by atoms with E-state index in [4.69, 9.17) is 29.4 Å². The fourth-order valence-electron chi connectivity index (χ4n) is 15.2. The maximum atomic E-state index is 15.6. The fraction of sp³-hybridized carbons (Fsp3) is 0.500. The summed E-state index contributed by atoms with van der Waals surface area (Å²) in [5, 5.41) is 109. The second kappa shape index (κ2) is 26.9. The number of aldehydes is 1. The zero-order valence-electron chi connectivity index (χ0n) is 51.3. The summed E-state index contributed by atoms with van der Waals surface area (Å²) in [7, 11) is 0. The molecule has 93 heavy (non-hydrogen) atoms. The van der Waals surface area contributed by atoms with Crippen LogP contribution in [0, 0.1) is 35.5 Å². The molecule has 3 saturated heterocycles. The minimum absolute atomic E-state index is 0.0171. The Balaban J connectivity index is 1.06. The highest BCUT2D eigenvalue weighted by atomic mass is 16.7. The molecule has 18 atom stereocenters. The molecule has 10 bridgehead atoms. The fourth-order valence-corrected chi connectivity index (χ4v) is 15.2. The van der Waals surface area contributed by atoms with E-state index in [1.807, 2.05) is 53.4 Å². The number of allylic oxidation sites excluding steroid dienone is 1. The predicted molar refractivity (Wildman–Crippen MR) is 333 cm³/mol. The van der Waals surface area contributed by atoms with E-state index >= 15 is 9.59 Å². The monoisotopic (exact) mass is 1280 g/mol. The van der Waals surface area contributed by atoms with Crippen LogP contribution in [-0.4, -0.2) is 191 Å². The van der Waals surface area contributed by atoms with E-state index in [-0.39, 0.29) is 97.5 Å². The number of carbonyl (C=O) groups excluding carboxylic acids is 4. The van der Waals surface area contributed by atoms with Crippen LogP contribution < -0.4 is 52.2 Å². The van der Waals surface area contributed by atoms with Crippen LogP contribution in [-0.2, 0) is 43.2 Å². The van der Waals surface area contributed by atoms with Crippen molar-refractivity contribution in [3.05, 3.63) is 146 Å². The molecule has 13 rings (SSSR count). The number of fused-ring (bicyclic) bond motifs is 11. The summed E-state index contributed by atoms with van der Waals surface area (Å²) >= 11 is 0. The normalized spacial score (nSPS) is 32.8. The molecule has 1 amide bonds. The summed E-state index contributed by atoms with van der Waals surface area (Å²) in [6, 6.07) is 18.4. The highest BCUT2D eigenvalue weighted by molar-refractivity contribution is 6.29. The van der Waals surface area contributed by atoms with Crippen molar-refractivity contribution < 1.29 is 83.7 Å². The number of amides is 1. The molecule has 7 heterocycles. The number of hydrogen-bond donors (Lipinski definition) is 15. The number of ether oxygens (including phenoxy) is 5. The number of para-hydroxylation sites is 1. The number of hydrazine groups is 1. The van der Waals surface area contributed by atoms with Gasteiger partial charge in [-0.05, 0) is 115 Å². The average molecular weight is 1280 g/mol. The SMILES string of the molecule is CC(O)CNNC1=CC(C2COC3C4Oc5c(cc6c(c5OCC(O)CC=O)C(=O)c5cc(CO)ccc5C6=O)C(c5ccccc5N5CNC6C(=O)NC(N)NC65)C5CCC(O)C(C#CC(O)(C(COC5)O4)C3O)Cc3cccc4c3CCC(CO)C4C2O)=CCN1. The molecular weight excluding hydrogens is 1200 g/mol. The lowest BCUT2D eigenvalue weighted by Gasteiger charge is -2.47. The summed E-state index contributed by atoms with van der Waals surface area (Å²) in [6.45, 7) is -0.163. The number of ketones is 2. The summed E-state index contributed by atoms with van der Waals surface area (Å²) in [5.74, 6) is -0.397. The molecule has 9 aliphatic rings. The Bertz CT molecular complexity index is 3670. The number of rotatable bonds is 14. The molecule has 0 saturated carbocycles. The van der Waals surface area contributed by atoms with Gasteiger partial charge in [-0.1, -0.05) is 60.4 Å². The Kier molecular flexibility index (Phi) is 18.7. The van der Waals surface area contributed by atoms with Gasteiger partial charge in [-0.3, -0.25) is 30.8 Å². The number of aliphatic hydroxyl groups is 8. The number of nitrogens with one attached hydrogen (secondary N) is 6. The lowest BCUT2D eigenvalue weighted by molar-refractivity contribution is -0.310. The highest BCUT2D eigenvalue weighted by Crippen LogP contribution is 2.53. The maximum Gasteiger partial charge on any atom is 0.242 e. The molecule has 4 aromatic carbocycles. The molecule has 3 fully saturated rings. The van der Waals surface area contributed by atoms with Gasteiger partial charge in [0.25, 0.3) is 0 Å². The quantitative estimate of drug-likeness (QED) is 0.0366. The molecule has 4 aromatic rings. The van der Waals surface area contributed by atoms with E-state index in [0.29, 0.717) is 47.3 Å². The van der Waals surface area contributed by atoms with Crippen LogP contribution in [0.4, 0.5) is 5.69 Å². The maximum absolute atomic E-state index is 15.6. The Morgan fingerprint density at radius 2 is 1.77 bits per heavy atom. The smallest absolute Gasteiger partial charge is 0.242 e.